The largest absolute Gasteiger partial charge is 0.457 e. The number of hydrogen-bond donors (Lipinski definition) is 2. The Bertz CT molecular complexity index is 1490. The van der Waals surface area contributed by atoms with Gasteiger partial charge in [0.15, 0.2) is 5.82 Å². The van der Waals surface area contributed by atoms with Gasteiger partial charge in [-0.1, -0.05) is 36.4 Å². The van der Waals surface area contributed by atoms with Crippen LogP contribution in [0.25, 0.3) is 22.0 Å². The van der Waals surface area contributed by atoms with Crippen LogP contribution in [-0.4, -0.2) is 64.2 Å². The van der Waals surface area contributed by atoms with E-state index in [1.807, 2.05) is 95.3 Å². The van der Waals surface area contributed by atoms with E-state index in [1.165, 1.54) is 0 Å². The molecule has 0 bridgehead atoms. The molecule has 1 fully saturated rings. The maximum atomic E-state index is 12.9. The zero-order valence-corrected chi connectivity index (χ0v) is 20.9. The Morgan fingerprint density at radius 3 is 2.62 bits per heavy atom. The van der Waals surface area contributed by atoms with E-state index in [1.54, 1.807) is 6.08 Å². The lowest BCUT2D eigenvalue weighted by Gasteiger charge is -2.16. The highest BCUT2D eigenvalue weighted by Crippen LogP contribution is 2.36. The molecule has 1 atom stereocenters. The third-order valence-electron chi connectivity index (χ3n) is 6.53. The van der Waals surface area contributed by atoms with Crippen LogP contribution in [0.2, 0.25) is 0 Å². The number of ether oxygens (including phenoxy) is 1. The maximum absolute atomic E-state index is 12.9. The van der Waals surface area contributed by atoms with Crippen molar-refractivity contribution in [1.82, 2.24) is 24.6 Å². The number of anilines is 1. The quantitative estimate of drug-likeness (QED) is 0.377. The molecular weight excluding hydrogens is 468 g/mol. The van der Waals surface area contributed by atoms with Gasteiger partial charge in [-0.05, 0) is 50.3 Å². The van der Waals surface area contributed by atoms with E-state index in [4.69, 9.17) is 10.5 Å². The molecule has 3 heterocycles. The van der Waals surface area contributed by atoms with Crippen molar-refractivity contribution >= 4 is 22.6 Å². The van der Waals surface area contributed by atoms with Crippen molar-refractivity contribution in [3.63, 3.8) is 0 Å². The number of nitrogen functional groups attached to an aromatic ring is 1. The SMILES string of the molecule is CN(C)CC=CC(=O)N1CC[C@@H](n2cc(-c3ccc(Oc4ccccc4)cc3)c3c(N)n[nH]c(=O)c32)C1. The number of hydrogen-bond acceptors (Lipinski definition) is 6. The van der Waals surface area contributed by atoms with Crippen LogP contribution in [0.5, 0.6) is 11.5 Å². The molecule has 0 aliphatic carbocycles. The minimum Gasteiger partial charge on any atom is -0.457 e. The van der Waals surface area contributed by atoms with Crippen LogP contribution in [0.1, 0.15) is 12.5 Å². The molecule has 1 aliphatic heterocycles. The Labute approximate surface area is 214 Å². The highest BCUT2D eigenvalue weighted by atomic mass is 16.5. The normalized spacial score (nSPS) is 15.8. The van der Waals surface area contributed by atoms with Gasteiger partial charge in [0, 0.05) is 37.5 Å². The van der Waals surface area contributed by atoms with Crippen molar-refractivity contribution < 1.29 is 9.53 Å². The molecule has 0 radical (unpaired) electrons. The summed E-state index contributed by atoms with van der Waals surface area (Å²) in [5.41, 5.74) is 8.12. The highest BCUT2D eigenvalue weighted by Gasteiger charge is 2.29. The first-order valence-electron chi connectivity index (χ1n) is 12.2. The zero-order chi connectivity index (χ0) is 25.9. The van der Waals surface area contributed by atoms with Crippen LogP contribution in [0, 0.1) is 0 Å². The minimum absolute atomic E-state index is 0.0230. The lowest BCUT2D eigenvalue weighted by atomic mass is 10.1. The van der Waals surface area contributed by atoms with Gasteiger partial charge in [-0.15, -0.1) is 0 Å². The molecule has 9 nitrogen and oxygen atoms in total. The third kappa shape index (κ3) is 5.12. The molecular formula is C28H30N6O3. The lowest BCUT2D eigenvalue weighted by Crippen LogP contribution is -2.28. The van der Waals surface area contributed by atoms with E-state index >= 15 is 0 Å². The Morgan fingerprint density at radius 1 is 1.16 bits per heavy atom. The number of para-hydroxylation sites is 1. The summed E-state index contributed by atoms with van der Waals surface area (Å²) < 4.78 is 7.87. The number of rotatable bonds is 7. The second kappa shape index (κ2) is 10.3. The van der Waals surface area contributed by atoms with Crippen LogP contribution < -0.4 is 16.0 Å². The maximum Gasteiger partial charge on any atom is 0.288 e. The molecule has 0 saturated carbocycles. The molecule has 1 aliphatic rings. The van der Waals surface area contributed by atoms with E-state index in [0.29, 0.717) is 36.3 Å². The first-order valence-corrected chi connectivity index (χ1v) is 12.2. The van der Waals surface area contributed by atoms with Crippen LogP contribution >= 0.6 is 0 Å². The summed E-state index contributed by atoms with van der Waals surface area (Å²) in [7, 11) is 3.91. The number of likely N-dealkylation sites (N-methyl/N-ethyl adjacent to an activating group) is 1. The number of carbonyl (C=O) groups excluding carboxylic acids is 1. The molecule has 190 valence electrons. The number of nitrogens with two attached hydrogens (primary N) is 1. The Hall–Kier alpha value is -4.37. The standard InChI is InChI=1S/C28H30N6O3/c1-32(2)15-6-9-24(35)33-16-14-20(17-33)34-18-23(25-26(34)28(36)31-30-27(25)29)19-10-12-22(13-11-19)37-21-7-4-3-5-8-21/h3-13,18,20H,14-17H2,1-2H3,(H2,29,30)(H,31,36)/t20-/m1/s1. The fourth-order valence-corrected chi connectivity index (χ4v) is 4.71. The Kier molecular flexibility index (Phi) is 6.78. The van der Waals surface area contributed by atoms with Gasteiger partial charge in [0.2, 0.25) is 5.91 Å². The van der Waals surface area contributed by atoms with Gasteiger partial charge in [-0.3, -0.25) is 9.59 Å². The number of fused-ring (bicyclic) bond motifs is 1. The summed E-state index contributed by atoms with van der Waals surface area (Å²) in [6, 6.07) is 17.2. The molecule has 2 aromatic carbocycles. The van der Waals surface area contributed by atoms with Crippen LogP contribution in [0.4, 0.5) is 5.82 Å². The molecule has 37 heavy (non-hydrogen) atoms. The van der Waals surface area contributed by atoms with Crippen molar-refractivity contribution in [2.45, 2.75) is 12.5 Å². The van der Waals surface area contributed by atoms with Gasteiger partial charge in [-0.2, -0.15) is 5.10 Å². The summed E-state index contributed by atoms with van der Waals surface area (Å²) >= 11 is 0. The molecule has 5 rings (SSSR count). The van der Waals surface area contributed by atoms with Crippen molar-refractivity contribution in [3.8, 4) is 22.6 Å². The summed E-state index contributed by atoms with van der Waals surface area (Å²) in [5.74, 6) is 1.69. The number of H-pyrrole nitrogens is 1. The molecule has 9 heteroatoms. The van der Waals surface area contributed by atoms with Crippen molar-refractivity contribution in [3.05, 3.63) is 83.3 Å². The third-order valence-corrected chi connectivity index (χ3v) is 6.53. The fraction of sp³-hybridized carbons (Fsp3) is 0.250. The summed E-state index contributed by atoms with van der Waals surface area (Å²) in [6.07, 6.45) is 6.17. The minimum atomic E-state index is -0.310. The molecule has 1 saturated heterocycles. The molecule has 0 spiro atoms. The van der Waals surface area contributed by atoms with Gasteiger partial charge < -0.3 is 24.8 Å². The number of benzene rings is 2. The average molecular weight is 499 g/mol. The van der Waals surface area contributed by atoms with E-state index in [0.717, 1.165) is 23.3 Å². The average Bonchev–Trinajstić information content (AvgIpc) is 3.53. The fourth-order valence-electron chi connectivity index (χ4n) is 4.71. The highest BCUT2D eigenvalue weighted by molar-refractivity contribution is 6.02. The molecule has 2 aromatic heterocycles. The van der Waals surface area contributed by atoms with Crippen molar-refractivity contribution in [2.24, 2.45) is 0 Å². The van der Waals surface area contributed by atoms with Gasteiger partial charge in [0.05, 0.1) is 11.4 Å². The van der Waals surface area contributed by atoms with Gasteiger partial charge in [-0.25, -0.2) is 5.10 Å². The Balaban J connectivity index is 1.44. The number of aromatic amines is 1. The van der Waals surface area contributed by atoms with Crippen LogP contribution in [-0.2, 0) is 4.79 Å². The molecule has 4 aromatic rings. The molecule has 1 amide bonds. The number of carbonyl (C=O) groups is 1. The first-order chi connectivity index (χ1) is 17.9. The van der Waals surface area contributed by atoms with Crippen molar-refractivity contribution in [1.29, 1.82) is 0 Å². The zero-order valence-electron chi connectivity index (χ0n) is 20.9. The van der Waals surface area contributed by atoms with Crippen molar-refractivity contribution in [2.75, 3.05) is 39.5 Å². The lowest BCUT2D eigenvalue weighted by molar-refractivity contribution is -0.125. The smallest absolute Gasteiger partial charge is 0.288 e. The summed E-state index contributed by atoms with van der Waals surface area (Å²) in [4.78, 5) is 29.4. The number of likely N-dealkylation sites (tertiary alicyclic amines) is 1. The first kappa shape index (κ1) is 24.3. The number of nitrogens with one attached hydrogen (secondary N) is 1. The molecule has 0 unspecified atom stereocenters. The number of amides is 1. The van der Waals surface area contributed by atoms with E-state index in [-0.39, 0.29) is 23.3 Å². The second-order valence-electron chi connectivity index (χ2n) is 9.44. The van der Waals surface area contributed by atoms with E-state index in [9.17, 15) is 9.59 Å². The van der Waals surface area contributed by atoms with Crippen LogP contribution in [0.3, 0.4) is 0 Å². The monoisotopic (exact) mass is 498 g/mol. The predicted molar refractivity (Wildman–Crippen MR) is 145 cm³/mol. The van der Waals surface area contributed by atoms with Gasteiger partial charge in [0.1, 0.15) is 17.0 Å². The van der Waals surface area contributed by atoms with E-state index < -0.39 is 0 Å². The number of nitrogens with zero attached hydrogens (tertiary/aromatic N) is 4. The summed E-state index contributed by atoms with van der Waals surface area (Å²) in [5, 5.41) is 7.14. The number of aromatic nitrogens is 3. The molecule has 3 N–H and O–H groups in total. The van der Waals surface area contributed by atoms with Gasteiger partial charge >= 0.3 is 0 Å². The topological polar surface area (TPSA) is 109 Å². The summed E-state index contributed by atoms with van der Waals surface area (Å²) in [6.45, 7) is 1.83. The van der Waals surface area contributed by atoms with Gasteiger partial charge in [0.25, 0.3) is 5.56 Å². The second-order valence-corrected chi connectivity index (χ2v) is 9.44. The Morgan fingerprint density at radius 2 is 1.89 bits per heavy atom. The van der Waals surface area contributed by atoms with E-state index in [2.05, 4.69) is 10.2 Å². The van der Waals surface area contributed by atoms with Crippen LogP contribution in [0.15, 0.2) is 77.7 Å². The predicted octanol–water partition coefficient (Wildman–Crippen LogP) is 3.66.